The van der Waals surface area contributed by atoms with Gasteiger partial charge in [0.25, 0.3) is 0 Å². The minimum absolute atomic E-state index is 0.0745. The Kier molecular flexibility index (Phi) is 3.72. The Morgan fingerprint density at radius 1 is 1.00 bits per heavy atom. The van der Waals surface area contributed by atoms with Gasteiger partial charge in [-0.2, -0.15) is 0 Å². The third kappa shape index (κ3) is 2.57. The normalized spacial score (nSPS) is 18.2. The van der Waals surface area contributed by atoms with E-state index in [4.69, 9.17) is 0 Å². The first-order valence-electron chi connectivity index (χ1n) is 8.25. The van der Waals surface area contributed by atoms with Crippen LogP contribution in [-0.4, -0.2) is 23.9 Å². The summed E-state index contributed by atoms with van der Waals surface area (Å²) >= 11 is 0. The van der Waals surface area contributed by atoms with Gasteiger partial charge in [0, 0.05) is 23.4 Å². The van der Waals surface area contributed by atoms with Gasteiger partial charge in [-0.15, -0.1) is 0 Å². The summed E-state index contributed by atoms with van der Waals surface area (Å²) in [6.07, 6.45) is 2.04. The van der Waals surface area contributed by atoms with Crippen molar-refractivity contribution in [2.45, 2.75) is 12.8 Å². The number of ketones is 1. The fourth-order valence-corrected chi connectivity index (χ4v) is 3.50. The number of aromatic nitrogens is 1. The van der Waals surface area contributed by atoms with Crippen molar-refractivity contribution in [3.63, 3.8) is 0 Å². The predicted molar refractivity (Wildman–Crippen MR) is 93.7 cm³/mol. The monoisotopic (exact) mass is 304 g/mol. The Hall–Kier alpha value is -2.39. The quantitative estimate of drug-likeness (QED) is 0.718. The Morgan fingerprint density at radius 3 is 2.57 bits per heavy atom. The van der Waals surface area contributed by atoms with Crippen LogP contribution in [0.2, 0.25) is 0 Å². The molecule has 3 nitrogen and oxygen atoms in total. The summed E-state index contributed by atoms with van der Waals surface area (Å²) in [4.78, 5) is 16.7. The number of nitrogens with one attached hydrogen (secondary N) is 2. The molecule has 3 heteroatoms. The summed E-state index contributed by atoms with van der Waals surface area (Å²) in [5, 5.41) is 4.38. The number of aromatic amines is 1. The van der Waals surface area contributed by atoms with Crippen molar-refractivity contribution < 1.29 is 4.79 Å². The van der Waals surface area contributed by atoms with Crippen molar-refractivity contribution in [3.8, 4) is 11.3 Å². The molecular weight excluding hydrogens is 284 g/mol. The van der Waals surface area contributed by atoms with E-state index >= 15 is 0 Å². The highest BCUT2D eigenvalue weighted by Crippen LogP contribution is 2.33. The van der Waals surface area contributed by atoms with Gasteiger partial charge in [0.15, 0.2) is 5.78 Å². The molecule has 0 amide bonds. The highest BCUT2D eigenvalue weighted by atomic mass is 16.1. The summed E-state index contributed by atoms with van der Waals surface area (Å²) < 4.78 is 0. The van der Waals surface area contributed by atoms with E-state index in [1.54, 1.807) is 0 Å². The number of benzene rings is 2. The second-order valence-electron chi connectivity index (χ2n) is 6.19. The molecule has 4 rings (SSSR count). The average molecular weight is 304 g/mol. The van der Waals surface area contributed by atoms with Gasteiger partial charge >= 0.3 is 0 Å². The largest absolute Gasteiger partial charge is 0.354 e. The summed E-state index contributed by atoms with van der Waals surface area (Å²) in [6, 6.07) is 18.2. The van der Waals surface area contributed by atoms with Crippen LogP contribution in [0.5, 0.6) is 0 Å². The van der Waals surface area contributed by atoms with Crippen molar-refractivity contribution in [2.75, 3.05) is 13.1 Å². The molecule has 1 saturated heterocycles. The maximum Gasteiger partial charge on any atom is 0.170 e. The van der Waals surface area contributed by atoms with E-state index in [-0.39, 0.29) is 11.7 Å². The molecule has 116 valence electrons. The number of carbonyl (C=O) groups excluding carboxylic acids is 1. The summed E-state index contributed by atoms with van der Waals surface area (Å²) in [7, 11) is 0. The SMILES string of the molecule is O=C(c1c(-c2ccccc2)[nH]c2ccccc12)[C@@H]1CCCNC1. The van der Waals surface area contributed by atoms with Gasteiger partial charge in [-0.3, -0.25) is 4.79 Å². The smallest absolute Gasteiger partial charge is 0.170 e. The lowest BCUT2D eigenvalue weighted by Crippen LogP contribution is -2.34. The first-order valence-corrected chi connectivity index (χ1v) is 8.25. The van der Waals surface area contributed by atoms with Crippen LogP contribution in [0.15, 0.2) is 54.6 Å². The topological polar surface area (TPSA) is 44.9 Å². The van der Waals surface area contributed by atoms with Crippen LogP contribution in [0.4, 0.5) is 0 Å². The van der Waals surface area contributed by atoms with Crippen LogP contribution in [-0.2, 0) is 0 Å². The van der Waals surface area contributed by atoms with Crippen molar-refractivity contribution >= 4 is 16.7 Å². The highest BCUT2D eigenvalue weighted by molar-refractivity contribution is 6.14. The molecule has 2 aromatic carbocycles. The first-order chi connectivity index (χ1) is 11.3. The lowest BCUT2D eigenvalue weighted by Gasteiger charge is -2.22. The zero-order valence-electron chi connectivity index (χ0n) is 13.0. The molecule has 1 aliphatic heterocycles. The number of piperidine rings is 1. The van der Waals surface area contributed by atoms with Gasteiger partial charge in [-0.05, 0) is 31.0 Å². The molecule has 0 aliphatic carbocycles. The van der Waals surface area contributed by atoms with Gasteiger partial charge in [0.2, 0.25) is 0 Å². The molecule has 2 N–H and O–H groups in total. The number of H-pyrrole nitrogens is 1. The van der Waals surface area contributed by atoms with Crippen LogP contribution in [0.25, 0.3) is 22.2 Å². The fourth-order valence-electron chi connectivity index (χ4n) is 3.50. The number of fused-ring (bicyclic) bond motifs is 1. The van der Waals surface area contributed by atoms with E-state index in [0.29, 0.717) is 0 Å². The molecule has 0 unspecified atom stereocenters. The van der Waals surface area contributed by atoms with Crippen LogP contribution < -0.4 is 5.32 Å². The minimum Gasteiger partial charge on any atom is -0.354 e. The van der Waals surface area contributed by atoms with Gasteiger partial charge in [-0.25, -0.2) is 0 Å². The number of rotatable bonds is 3. The van der Waals surface area contributed by atoms with Crippen LogP contribution in [0.1, 0.15) is 23.2 Å². The molecule has 0 bridgehead atoms. The predicted octanol–water partition coefficient (Wildman–Crippen LogP) is 4.02. The maximum absolute atomic E-state index is 13.2. The van der Waals surface area contributed by atoms with E-state index in [0.717, 1.165) is 53.7 Å². The number of Topliss-reactive ketones (excluding diaryl/α,β-unsaturated/α-hetero) is 1. The van der Waals surface area contributed by atoms with Crippen LogP contribution in [0.3, 0.4) is 0 Å². The number of hydrogen-bond donors (Lipinski definition) is 2. The minimum atomic E-state index is 0.0745. The zero-order chi connectivity index (χ0) is 15.6. The third-order valence-electron chi connectivity index (χ3n) is 4.68. The maximum atomic E-state index is 13.2. The lowest BCUT2D eigenvalue weighted by atomic mass is 9.88. The number of hydrogen-bond acceptors (Lipinski definition) is 2. The highest BCUT2D eigenvalue weighted by Gasteiger charge is 2.27. The molecule has 2 heterocycles. The lowest BCUT2D eigenvalue weighted by molar-refractivity contribution is 0.0902. The molecule has 3 aromatic rings. The van der Waals surface area contributed by atoms with Gasteiger partial charge in [0.05, 0.1) is 11.3 Å². The molecule has 0 radical (unpaired) electrons. The molecule has 1 aliphatic rings. The fraction of sp³-hybridized carbons (Fsp3) is 0.250. The molecule has 0 saturated carbocycles. The number of carbonyl (C=O) groups is 1. The standard InChI is InChI=1S/C20H20N2O/c23-20(15-9-6-12-21-13-15)18-16-10-4-5-11-17(16)22-19(18)14-7-2-1-3-8-14/h1-5,7-8,10-11,15,21-22H,6,9,12-13H2/t15-/m1/s1. The van der Waals surface area contributed by atoms with E-state index in [1.165, 1.54) is 0 Å². The summed E-state index contributed by atoms with van der Waals surface area (Å²) in [5.41, 5.74) is 3.89. The third-order valence-corrected chi connectivity index (χ3v) is 4.68. The van der Waals surface area contributed by atoms with E-state index in [2.05, 4.69) is 22.4 Å². The molecule has 23 heavy (non-hydrogen) atoms. The summed E-state index contributed by atoms with van der Waals surface area (Å²) in [6.45, 7) is 1.80. The van der Waals surface area contributed by atoms with Crippen LogP contribution in [0, 0.1) is 5.92 Å². The van der Waals surface area contributed by atoms with E-state index in [1.807, 2.05) is 42.5 Å². The van der Waals surface area contributed by atoms with Crippen molar-refractivity contribution in [3.05, 3.63) is 60.2 Å². The van der Waals surface area contributed by atoms with Crippen molar-refractivity contribution in [1.82, 2.24) is 10.3 Å². The van der Waals surface area contributed by atoms with Crippen LogP contribution >= 0.6 is 0 Å². The summed E-state index contributed by atoms with van der Waals surface area (Å²) in [5.74, 6) is 0.332. The van der Waals surface area contributed by atoms with Gasteiger partial charge in [0.1, 0.15) is 0 Å². The van der Waals surface area contributed by atoms with Crippen molar-refractivity contribution in [2.24, 2.45) is 5.92 Å². The first kappa shape index (κ1) is 14.2. The average Bonchev–Trinajstić information content (AvgIpc) is 3.02. The second kappa shape index (κ2) is 6.01. The number of para-hydroxylation sites is 1. The Balaban J connectivity index is 1.87. The molecule has 0 spiro atoms. The van der Waals surface area contributed by atoms with E-state index in [9.17, 15) is 4.79 Å². The second-order valence-corrected chi connectivity index (χ2v) is 6.19. The Morgan fingerprint density at radius 2 is 1.78 bits per heavy atom. The van der Waals surface area contributed by atoms with E-state index < -0.39 is 0 Å². The Bertz CT molecular complexity index is 829. The zero-order valence-corrected chi connectivity index (χ0v) is 13.0. The van der Waals surface area contributed by atoms with Crippen molar-refractivity contribution in [1.29, 1.82) is 0 Å². The molecular formula is C20H20N2O. The molecule has 1 aromatic heterocycles. The van der Waals surface area contributed by atoms with Gasteiger partial charge in [-0.1, -0.05) is 48.5 Å². The molecule has 1 fully saturated rings. The van der Waals surface area contributed by atoms with Gasteiger partial charge < -0.3 is 10.3 Å². The molecule has 1 atom stereocenters. The Labute approximate surface area is 135 Å².